The molecule has 0 aliphatic carbocycles. The van der Waals surface area contributed by atoms with E-state index in [1.165, 1.54) is 17.6 Å². The predicted octanol–water partition coefficient (Wildman–Crippen LogP) is 1.52. The van der Waals surface area contributed by atoms with Crippen molar-refractivity contribution in [3.05, 3.63) is 30.3 Å². The zero-order valence-corrected chi connectivity index (χ0v) is 11.0. The quantitative estimate of drug-likeness (QED) is 0.607. The Morgan fingerprint density at radius 2 is 1.94 bits per heavy atom. The molecule has 0 radical (unpaired) electrons. The minimum Gasteiger partial charge on any atom is -0.289 e. The average molecular weight is 271 g/mol. The van der Waals surface area contributed by atoms with Crippen LogP contribution in [0.1, 0.15) is 26.2 Å². The first-order valence-electron chi connectivity index (χ1n) is 5.77. The summed E-state index contributed by atoms with van der Waals surface area (Å²) in [6, 6.07) is 7.78. The van der Waals surface area contributed by atoms with Crippen molar-refractivity contribution >= 4 is 15.7 Å². The van der Waals surface area contributed by atoms with Crippen LogP contribution in [-0.2, 0) is 14.6 Å². The van der Waals surface area contributed by atoms with Crippen molar-refractivity contribution in [1.29, 1.82) is 0 Å². The number of carbonyl (C=O) groups is 1. The van der Waals surface area contributed by atoms with E-state index in [2.05, 4.69) is 0 Å². The molecule has 1 aromatic rings. The zero-order chi connectivity index (χ0) is 13.6. The topological polar surface area (TPSA) is 83.5 Å². The van der Waals surface area contributed by atoms with E-state index in [1.54, 1.807) is 18.2 Å². The Kier molecular flexibility index (Phi) is 5.30. The van der Waals surface area contributed by atoms with Gasteiger partial charge in [0.05, 0.1) is 4.90 Å². The maximum atomic E-state index is 12.3. The third-order valence-corrected chi connectivity index (χ3v) is 4.80. The van der Waals surface area contributed by atoms with E-state index in [-0.39, 0.29) is 11.3 Å². The Labute approximate surface area is 107 Å². The van der Waals surface area contributed by atoms with Gasteiger partial charge in [-0.1, -0.05) is 38.0 Å². The monoisotopic (exact) mass is 271 g/mol. The van der Waals surface area contributed by atoms with E-state index in [4.69, 9.17) is 5.21 Å². The lowest BCUT2D eigenvalue weighted by Crippen LogP contribution is -2.38. The number of benzene rings is 1. The SMILES string of the molecule is CCCCC(C(=O)NO)S(=O)(=O)c1ccccc1. The molecule has 18 heavy (non-hydrogen) atoms. The van der Waals surface area contributed by atoms with E-state index >= 15 is 0 Å². The van der Waals surface area contributed by atoms with Crippen LogP contribution in [0.3, 0.4) is 0 Å². The molecule has 0 saturated carbocycles. The number of unbranched alkanes of at least 4 members (excludes halogenated alkanes) is 1. The van der Waals surface area contributed by atoms with Crippen molar-refractivity contribution < 1.29 is 18.4 Å². The van der Waals surface area contributed by atoms with Crippen LogP contribution >= 0.6 is 0 Å². The van der Waals surface area contributed by atoms with Crippen LogP contribution in [0.2, 0.25) is 0 Å². The van der Waals surface area contributed by atoms with Gasteiger partial charge in [-0.3, -0.25) is 10.0 Å². The molecular formula is C12H17NO4S. The molecule has 1 unspecified atom stereocenters. The summed E-state index contributed by atoms with van der Waals surface area (Å²) in [5.74, 6) is -0.882. The Balaban J connectivity index is 3.08. The van der Waals surface area contributed by atoms with Gasteiger partial charge >= 0.3 is 0 Å². The molecule has 0 saturated heterocycles. The second kappa shape index (κ2) is 6.51. The van der Waals surface area contributed by atoms with Crippen LogP contribution in [0.5, 0.6) is 0 Å². The highest BCUT2D eigenvalue weighted by molar-refractivity contribution is 7.92. The van der Waals surface area contributed by atoms with Gasteiger partial charge in [-0.05, 0) is 18.6 Å². The molecule has 6 heteroatoms. The summed E-state index contributed by atoms with van der Waals surface area (Å²) in [6.45, 7) is 1.91. The molecule has 5 nitrogen and oxygen atoms in total. The van der Waals surface area contributed by atoms with Gasteiger partial charge in [0, 0.05) is 0 Å². The third-order valence-electron chi connectivity index (χ3n) is 2.67. The smallest absolute Gasteiger partial charge is 0.262 e. The van der Waals surface area contributed by atoms with Gasteiger partial charge in [0.2, 0.25) is 0 Å². The Morgan fingerprint density at radius 1 is 1.33 bits per heavy atom. The fourth-order valence-electron chi connectivity index (χ4n) is 1.66. The van der Waals surface area contributed by atoms with Crippen LogP contribution in [0.4, 0.5) is 0 Å². The second-order valence-corrected chi connectivity index (χ2v) is 6.10. The van der Waals surface area contributed by atoms with Crippen molar-refractivity contribution in [3.63, 3.8) is 0 Å². The highest BCUT2D eigenvalue weighted by atomic mass is 32.2. The van der Waals surface area contributed by atoms with Gasteiger partial charge in [-0.2, -0.15) is 0 Å². The van der Waals surface area contributed by atoms with E-state index in [0.717, 1.165) is 6.42 Å². The maximum absolute atomic E-state index is 12.3. The van der Waals surface area contributed by atoms with Crippen molar-refractivity contribution in [2.24, 2.45) is 0 Å². The molecule has 0 bridgehead atoms. The molecule has 0 spiro atoms. The summed E-state index contributed by atoms with van der Waals surface area (Å²) in [4.78, 5) is 11.6. The molecule has 1 aromatic carbocycles. The maximum Gasteiger partial charge on any atom is 0.262 e. The van der Waals surface area contributed by atoms with Gasteiger partial charge in [0.25, 0.3) is 5.91 Å². The first kappa shape index (κ1) is 14.7. The molecule has 1 amide bonds. The first-order chi connectivity index (χ1) is 8.54. The largest absolute Gasteiger partial charge is 0.289 e. The Morgan fingerprint density at radius 3 is 2.44 bits per heavy atom. The normalized spacial score (nSPS) is 13.0. The third kappa shape index (κ3) is 3.30. The molecule has 0 aliphatic heterocycles. The van der Waals surface area contributed by atoms with Crippen molar-refractivity contribution in [1.82, 2.24) is 5.48 Å². The van der Waals surface area contributed by atoms with Crippen LogP contribution in [-0.4, -0.2) is 24.8 Å². The van der Waals surface area contributed by atoms with Gasteiger partial charge in [0.15, 0.2) is 9.84 Å². The van der Waals surface area contributed by atoms with Crippen molar-refractivity contribution in [2.45, 2.75) is 36.3 Å². The van der Waals surface area contributed by atoms with Crippen LogP contribution in [0.15, 0.2) is 35.2 Å². The van der Waals surface area contributed by atoms with E-state index in [0.29, 0.717) is 6.42 Å². The average Bonchev–Trinajstić information content (AvgIpc) is 2.39. The van der Waals surface area contributed by atoms with Crippen LogP contribution in [0, 0.1) is 0 Å². The summed E-state index contributed by atoms with van der Waals surface area (Å²) in [5.41, 5.74) is 1.43. The summed E-state index contributed by atoms with van der Waals surface area (Å²) in [5, 5.41) is 7.41. The molecule has 0 aromatic heterocycles. The van der Waals surface area contributed by atoms with Gasteiger partial charge in [0.1, 0.15) is 5.25 Å². The summed E-state index contributed by atoms with van der Waals surface area (Å²) < 4.78 is 24.5. The summed E-state index contributed by atoms with van der Waals surface area (Å²) in [6.07, 6.45) is 1.57. The Bertz CT molecular complexity index is 484. The fraction of sp³-hybridized carbons (Fsp3) is 0.417. The lowest BCUT2D eigenvalue weighted by atomic mass is 10.2. The molecule has 0 fully saturated rings. The van der Waals surface area contributed by atoms with E-state index in [1.807, 2.05) is 6.92 Å². The molecule has 100 valence electrons. The standard InChI is InChI=1S/C12H17NO4S/c1-2-3-9-11(12(14)13-15)18(16,17)10-7-5-4-6-8-10/h4-8,11,15H,2-3,9H2,1H3,(H,13,14). The Hall–Kier alpha value is -1.40. The molecule has 0 heterocycles. The molecule has 1 rings (SSSR count). The van der Waals surface area contributed by atoms with E-state index < -0.39 is 21.0 Å². The number of hydroxylamine groups is 1. The number of hydrogen-bond acceptors (Lipinski definition) is 4. The number of sulfone groups is 1. The lowest BCUT2D eigenvalue weighted by Gasteiger charge is -2.15. The van der Waals surface area contributed by atoms with Crippen LogP contribution < -0.4 is 5.48 Å². The van der Waals surface area contributed by atoms with Crippen LogP contribution in [0.25, 0.3) is 0 Å². The van der Waals surface area contributed by atoms with E-state index in [9.17, 15) is 13.2 Å². The predicted molar refractivity (Wildman–Crippen MR) is 66.9 cm³/mol. The number of carbonyl (C=O) groups excluding carboxylic acids is 1. The molecule has 2 N–H and O–H groups in total. The minimum atomic E-state index is -3.76. The van der Waals surface area contributed by atoms with Gasteiger partial charge in [-0.15, -0.1) is 0 Å². The summed E-state index contributed by atoms with van der Waals surface area (Å²) >= 11 is 0. The van der Waals surface area contributed by atoms with Crippen molar-refractivity contribution in [2.75, 3.05) is 0 Å². The number of nitrogens with one attached hydrogen (secondary N) is 1. The summed E-state index contributed by atoms with van der Waals surface area (Å²) in [7, 11) is -3.76. The zero-order valence-electron chi connectivity index (χ0n) is 10.2. The first-order valence-corrected chi connectivity index (χ1v) is 7.31. The van der Waals surface area contributed by atoms with Gasteiger partial charge in [-0.25, -0.2) is 13.9 Å². The minimum absolute atomic E-state index is 0.0923. The number of hydrogen-bond donors (Lipinski definition) is 2. The molecule has 0 aliphatic rings. The fourth-order valence-corrected chi connectivity index (χ4v) is 3.34. The highest BCUT2D eigenvalue weighted by Crippen LogP contribution is 2.20. The number of amides is 1. The highest BCUT2D eigenvalue weighted by Gasteiger charge is 2.33. The molecular weight excluding hydrogens is 254 g/mol. The van der Waals surface area contributed by atoms with Crippen molar-refractivity contribution in [3.8, 4) is 0 Å². The van der Waals surface area contributed by atoms with Gasteiger partial charge < -0.3 is 0 Å². The molecule has 1 atom stereocenters. The second-order valence-electron chi connectivity index (χ2n) is 3.96. The number of rotatable bonds is 6. The lowest BCUT2D eigenvalue weighted by molar-refractivity contribution is -0.128.